The van der Waals surface area contributed by atoms with Crippen molar-refractivity contribution in [2.75, 3.05) is 13.2 Å². The number of aromatic nitrogens is 3. The molecule has 0 atom stereocenters. The van der Waals surface area contributed by atoms with Gasteiger partial charge < -0.3 is 9.47 Å². The second-order valence-electron chi connectivity index (χ2n) is 6.47. The maximum Gasteiger partial charge on any atom is 0.311 e. The molecule has 2 aromatic carbocycles. The molecule has 0 aliphatic heterocycles. The Labute approximate surface area is 179 Å². The van der Waals surface area contributed by atoms with Crippen molar-refractivity contribution in [3.63, 3.8) is 0 Å². The monoisotopic (exact) mass is 428 g/mol. The number of ether oxygens (including phenoxy) is 2. The van der Waals surface area contributed by atoms with Crippen LogP contribution in [0.1, 0.15) is 32.3 Å². The zero-order valence-electron chi connectivity index (χ0n) is 17.0. The van der Waals surface area contributed by atoms with E-state index in [-0.39, 0.29) is 5.69 Å². The van der Waals surface area contributed by atoms with Crippen molar-refractivity contribution in [3.05, 3.63) is 58.1 Å². The average molecular weight is 429 g/mol. The van der Waals surface area contributed by atoms with Crippen molar-refractivity contribution in [2.45, 2.75) is 37.6 Å². The van der Waals surface area contributed by atoms with Crippen LogP contribution >= 0.6 is 11.8 Å². The smallest absolute Gasteiger partial charge is 0.311 e. The molecule has 0 unspecified atom stereocenters. The van der Waals surface area contributed by atoms with Crippen molar-refractivity contribution < 1.29 is 14.4 Å². The molecule has 0 amide bonds. The van der Waals surface area contributed by atoms with Gasteiger partial charge in [0.05, 0.1) is 18.1 Å². The van der Waals surface area contributed by atoms with Gasteiger partial charge in [-0.15, -0.1) is 5.10 Å². The Kier molecular flexibility index (Phi) is 7.67. The van der Waals surface area contributed by atoms with Crippen LogP contribution in [0, 0.1) is 10.1 Å². The van der Waals surface area contributed by atoms with Gasteiger partial charge in [0.15, 0.2) is 11.6 Å². The van der Waals surface area contributed by atoms with Gasteiger partial charge in [0.25, 0.3) is 0 Å². The third kappa shape index (κ3) is 5.73. The number of hydrogen-bond acceptors (Lipinski definition) is 7. The normalized spacial score (nSPS) is 10.7. The maximum absolute atomic E-state index is 11.4. The van der Waals surface area contributed by atoms with Crippen molar-refractivity contribution in [1.82, 2.24) is 15.2 Å². The van der Waals surface area contributed by atoms with E-state index in [2.05, 4.69) is 15.2 Å². The molecule has 0 saturated heterocycles. The third-order valence-corrected chi connectivity index (χ3v) is 5.17. The van der Waals surface area contributed by atoms with Gasteiger partial charge in [-0.1, -0.05) is 31.2 Å². The number of nitro groups is 1. The molecule has 0 aliphatic carbocycles. The van der Waals surface area contributed by atoms with Gasteiger partial charge in [-0.05, 0) is 49.2 Å². The molecule has 158 valence electrons. The molecule has 0 bridgehead atoms. The summed E-state index contributed by atoms with van der Waals surface area (Å²) < 4.78 is 11.0. The number of hydrogen-bond donors (Lipinski definition) is 1. The molecule has 3 rings (SSSR count). The zero-order valence-corrected chi connectivity index (χ0v) is 17.8. The molecule has 9 heteroatoms. The summed E-state index contributed by atoms with van der Waals surface area (Å²) in [6, 6.07) is 12.7. The van der Waals surface area contributed by atoms with Crippen LogP contribution in [0.5, 0.6) is 11.5 Å². The summed E-state index contributed by atoms with van der Waals surface area (Å²) in [6.45, 7) is 5.07. The number of unbranched alkanes of at least 4 members (excludes halogenated alkanes) is 1. The Hall–Kier alpha value is -3.07. The quantitative estimate of drug-likeness (QED) is 0.192. The Morgan fingerprint density at radius 3 is 2.63 bits per heavy atom. The van der Waals surface area contributed by atoms with E-state index in [0.29, 0.717) is 35.7 Å². The number of thioether (sulfide) groups is 1. The molecule has 8 nitrogen and oxygen atoms in total. The van der Waals surface area contributed by atoms with Crippen molar-refractivity contribution in [1.29, 1.82) is 0 Å². The van der Waals surface area contributed by atoms with E-state index in [0.717, 1.165) is 29.7 Å². The lowest BCUT2D eigenvalue weighted by Crippen LogP contribution is -2.01. The van der Waals surface area contributed by atoms with Gasteiger partial charge in [0, 0.05) is 17.4 Å². The van der Waals surface area contributed by atoms with E-state index in [1.807, 2.05) is 44.2 Å². The van der Waals surface area contributed by atoms with Gasteiger partial charge in [-0.25, -0.2) is 4.98 Å². The minimum atomic E-state index is -0.410. The summed E-state index contributed by atoms with van der Waals surface area (Å²) in [6.07, 6.45) is 1.83. The van der Waals surface area contributed by atoms with E-state index in [9.17, 15) is 10.1 Å². The highest BCUT2D eigenvalue weighted by Gasteiger charge is 2.16. The molecule has 0 radical (unpaired) electrons. The van der Waals surface area contributed by atoms with Gasteiger partial charge in [0.1, 0.15) is 5.75 Å². The molecule has 1 aromatic heterocycles. The van der Waals surface area contributed by atoms with Crippen molar-refractivity contribution in [2.24, 2.45) is 0 Å². The third-order valence-electron chi connectivity index (χ3n) is 4.25. The molecule has 3 aromatic rings. The standard InChI is InChI=1S/C21H24N4O4S/c1-3-5-12-29-19-11-6-15(13-18(19)25(26)27)14-30-21-22-20(23-24-21)16-7-9-17(10-8-16)28-4-2/h6-11,13H,3-5,12,14H2,1-2H3,(H,22,23,24). The van der Waals surface area contributed by atoms with Crippen LogP contribution in [0.15, 0.2) is 47.6 Å². The fourth-order valence-electron chi connectivity index (χ4n) is 2.71. The number of rotatable bonds is 11. The van der Waals surface area contributed by atoms with E-state index >= 15 is 0 Å². The minimum Gasteiger partial charge on any atom is -0.494 e. The number of aromatic amines is 1. The number of nitrogens with zero attached hydrogens (tertiary/aromatic N) is 3. The van der Waals surface area contributed by atoms with Crippen LogP contribution in [-0.2, 0) is 5.75 Å². The predicted molar refractivity (Wildman–Crippen MR) is 116 cm³/mol. The van der Waals surface area contributed by atoms with Gasteiger partial charge in [-0.2, -0.15) is 0 Å². The second-order valence-corrected chi connectivity index (χ2v) is 7.42. The number of H-pyrrole nitrogens is 1. The maximum atomic E-state index is 11.4. The summed E-state index contributed by atoms with van der Waals surface area (Å²) in [5, 5.41) is 19.1. The lowest BCUT2D eigenvalue weighted by atomic mass is 10.2. The largest absolute Gasteiger partial charge is 0.494 e. The first kappa shape index (κ1) is 21.6. The Bertz CT molecular complexity index is 975. The molecule has 0 spiro atoms. The van der Waals surface area contributed by atoms with E-state index in [1.165, 1.54) is 11.8 Å². The SMILES string of the molecule is CCCCOc1ccc(CSc2n[nH]c(-c3ccc(OCC)cc3)n2)cc1[N+](=O)[O-]. The van der Waals surface area contributed by atoms with Crippen LogP contribution < -0.4 is 9.47 Å². The number of nitro benzene ring substituents is 1. The van der Waals surface area contributed by atoms with Crippen LogP contribution in [0.25, 0.3) is 11.4 Å². The van der Waals surface area contributed by atoms with Crippen LogP contribution in [0.4, 0.5) is 5.69 Å². The van der Waals surface area contributed by atoms with Crippen LogP contribution in [-0.4, -0.2) is 33.3 Å². The highest BCUT2D eigenvalue weighted by Crippen LogP contribution is 2.31. The summed E-state index contributed by atoms with van der Waals surface area (Å²) in [7, 11) is 0. The van der Waals surface area contributed by atoms with Gasteiger partial charge >= 0.3 is 5.69 Å². The first-order valence-corrected chi connectivity index (χ1v) is 10.8. The highest BCUT2D eigenvalue weighted by atomic mass is 32.2. The predicted octanol–water partition coefficient (Wildman–Crippen LogP) is 5.25. The fraction of sp³-hybridized carbons (Fsp3) is 0.333. The lowest BCUT2D eigenvalue weighted by molar-refractivity contribution is -0.385. The van der Waals surface area contributed by atoms with Crippen molar-refractivity contribution in [3.8, 4) is 22.9 Å². The molecule has 0 saturated carbocycles. The highest BCUT2D eigenvalue weighted by molar-refractivity contribution is 7.98. The fourth-order valence-corrected chi connectivity index (χ4v) is 3.45. The Morgan fingerprint density at radius 1 is 1.13 bits per heavy atom. The summed E-state index contributed by atoms with van der Waals surface area (Å²) in [5.74, 6) is 2.28. The van der Waals surface area contributed by atoms with E-state index in [1.54, 1.807) is 12.1 Å². The van der Waals surface area contributed by atoms with Gasteiger partial charge in [0.2, 0.25) is 5.16 Å². The van der Waals surface area contributed by atoms with E-state index in [4.69, 9.17) is 9.47 Å². The van der Waals surface area contributed by atoms with E-state index < -0.39 is 4.92 Å². The molecule has 1 heterocycles. The first-order chi connectivity index (χ1) is 14.6. The second kappa shape index (κ2) is 10.6. The molecular formula is C21H24N4O4S. The first-order valence-electron chi connectivity index (χ1n) is 9.79. The summed E-state index contributed by atoms with van der Waals surface area (Å²) >= 11 is 1.41. The molecular weight excluding hydrogens is 404 g/mol. The summed E-state index contributed by atoms with van der Waals surface area (Å²) in [4.78, 5) is 15.5. The lowest BCUT2D eigenvalue weighted by Gasteiger charge is -2.07. The average Bonchev–Trinajstić information content (AvgIpc) is 3.23. The molecule has 1 N–H and O–H groups in total. The molecule has 30 heavy (non-hydrogen) atoms. The van der Waals surface area contributed by atoms with Crippen LogP contribution in [0.3, 0.4) is 0 Å². The summed E-state index contributed by atoms with van der Waals surface area (Å²) in [5.41, 5.74) is 1.69. The molecule has 0 fully saturated rings. The number of benzene rings is 2. The minimum absolute atomic E-state index is 0.0192. The van der Waals surface area contributed by atoms with Crippen LogP contribution in [0.2, 0.25) is 0 Å². The topological polar surface area (TPSA) is 103 Å². The molecule has 0 aliphatic rings. The zero-order chi connectivity index (χ0) is 21.3. The Balaban J connectivity index is 1.64. The Morgan fingerprint density at radius 2 is 1.93 bits per heavy atom. The van der Waals surface area contributed by atoms with Gasteiger partial charge in [-0.3, -0.25) is 15.2 Å². The van der Waals surface area contributed by atoms with Crippen molar-refractivity contribution >= 4 is 17.4 Å². The number of nitrogens with one attached hydrogen (secondary N) is 1.